The molecule has 28 heavy (non-hydrogen) atoms. The molecule has 1 saturated heterocycles. The minimum Gasteiger partial charge on any atom is -0.346 e. The Labute approximate surface area is 162 Å². The summed E-state index contributed by atoms with van der Waals surface area (Å²) in [6.45, 7) is 5.10. The monoisotopic (exact) mass is 375 g/mol. The third-order valence-corrected chi connectivity index (χ3v) is 5.23. The Bertz CT molecular complexity index is 1040. The Kier molecular flexibility index (Phi) is 4.73. The first-order valence-corrected chi connectivity index (χ1v) is 9.26. The Hall–Kier alpha value is -3.35. The molecular formula is C21H21N5O2. The van der Waals surface area contributed by atoms with E-state index in [0.717, 1.165) is 16.5 Å². The number of amides is 2. The number of pyridine rings is 1. The molecule has 0 saturated carbocycles. The van der Waals surface area contributed by atoms with E-state index in [9.17, 15) is 9.59 Å². The third-order valence-electron chi connectivity index (χ3n) is 5.23. The summed E-state index contributed by atoms with van der Waals surface area (Å²) in [5, 5.41) is 11.5. The number of carbonyl (C=O) groups excluding carboxylic acids is 2. The molecule has 0 aliphatic carbocycles. The van der Waals surface area contributed by atoms with Crippen LogP contribution in [0.25, 0.3) is 10.9 Å². The highest BCUT2D eigenvalue weighted by atomic mass is 16.2. The van der Waals surface area contributed by atoms with Crippen LogP contribution in [0, 0.1) is 12.8 Å². The molecule has 7 nitrogen and oxygen atoms in total. The fourth-order valence-corrected chi connectivity index (χ4v) is 3.58. The number of aryl methyl sites for hydroxylation is 1. The van der Waals surface area contributed by atoms with Gasteiger partial charge in [-0.3, -0.25) is 14.6 Å². The number of hydrogen-bond acceptors (Lipinski definition) is 5. The number of benzene rings is 1. The summed E-state index contributed by atoms with van der Waals surface area (Å²) >= 11 is 0. The van der Waals surface area contributed by atoms with E-state index in [1.54, 1.807) is 23.2 Å². The number of aromatic nitrogens is 3. The van der Waals surface area contributed by atoms with Crippen molar-refractivity contribution in [3.8, 4) is 0 Å². The Morgan fingerprint density at radius 2 is 2.00 bits per heavy atom. The molecule has 7 heteroatoms. The highest BCUT2D eigenvalue weighted by molar-refractivity contribution is 5.99. The number of rotatable bonds is 3. The average Bonchev–Trinajstić information content (AvgIpc) is 3.08. The summed E-state index contributed by atoms with van der Waals surface area (Å²) in [7, 11) is 0. The number of nitrogens with one attached hydrogen (secondary N) is 1. The standard InChI is InChI=1S/C21H21N5O2/c1-13-7-9-22-17-6-5-15(10-16(13)17)21(28)26-11-14(2)19(12-26)24-20(27)18-4-3-8-23-25-18/h3-10,14,19H,11-12H2,1-2H3,(H,24,27). The van der Waals surface area contributed by atoms with Gasteiger partial charge in [-0.25, -0.2) is 0 Å². The van der Waals surface area contributed by atoms with Crippen molar-refractivity contribution in [2.24, 2.45) is 5.92 Å². The number of fused-ring (bicyclic) bond motifs is 1. The zero-order valence-electron chi connectivity index (χ0n) is 15.8. The van der Waals surface area contributed by atoms with Crippen molar-refractivity contribution in [1.82, 2.24) is 25.4 Å². The lowest BCUT2D eigenvalue weighted by atomic mass is 10.1. The van der Waals surface area contributed by atoms with Crippen LogP contribution in [0.1, 0.15) is 33.3 Å². The van der Waals surface area contributed by atoms with Crippen molar-refractivity contribution >= 4 is 22.7 Å². The van der Waals surface area contributed by atoms with Crippen molar-refractivity contribution < 1.29 is 9.59 Å². The number of likely N-dealkylation sites (tertiary alicyclic amines) is 1. The molecule has 2 atom stereocenters. The Morgan fingerprint density at radius 1 is 1.14 bits per heavy atom. The van der Waals surface area contributed by atoms with E-state index in [-0.39, 0.29) is 29.5 Å². The van der Waals surface area contributed by atoms with E-state index in [4.69, 9.17) is 0 Å². The molecule has 142 valence electrons. The second kappa shape index (κ2) is 7.34. The molecular weight excluding hydrogens is 354 g/mol. The van der Waals surface area contributed by atoms with Crippen molar-refractivity contribution in [1.29, 1.82) is 0 Å². The van der Waals surface area contributed by atoms with E-state index in [0.29, 0.717) is 18.7 Å². The summed E-state index contributed by atoms with van der Waals surface area (Å²) in [5.41, 5.74) is 2.87. The summed E-state index contributed by atoms with van der Waals surface area (Å²) < 4.78 is 0. The molecule has 1 N–H and O–H groups in total. The van der Waals surface area contributed by atoms with Crippen LogP contribution in [-0.4, -0.2) is 51.0 Å². The van der Waals surface area contributed by atoms with Crippen LogP contribution in [0.15, 0.2) is 48.8 Å². The number of nitrogens with zero attached hydrogens (tertiary/aromatic N) is 4. The lowest BCUT2D eigenvalue weighted by Gasteiger charge is -2.17. The summed E-state index contributed by atoms with van der Waals surface area (Å²) in [4.78, 5) is 31.5. The third kappa shape index (κ3) is 3.43. The summed E-state index contributed by atoms with van der Waals surface area (Å²) in [6.07, 6.45) is 3.29. The number of carbonyl (C=O) groups is 2. The van der Waals surface area contributed by atoms with Gasteiger partial charge in [-0.05, 0) is 54.8 Å². The second-order valence-corrected chi connectivity index (χ2v) is 7.24. The molecule has 4 rings (SSSR count). The van der Waals surface area contributed by atoms with Gasteiger partial charge in [0.1, 0.15) is 0 Å². The molecule has 3 heterocycles. The normalized spacial score (nSPS) is 19.0. The van der Waals surface area contributed by atoms with Gasteiger partial charge in [-0.1, -0.05) is 6.92 Å². The fraction of sp³-hybridized carbons (Fsp3) is 0.286. The van der Waals surface area contributed by atoms with E-state index < -0.39 is 0 Å². The molecule has 1 aliphatic rings. The lowest BCUT2D eigenvalue weighted by molar-refractivity contribution is 0.0781. The van der Waals surface area contributed by atoms with Crippen molar-refractivity contribution in [2.75, 3.05) is 13.1 Å². The lowest BCUT2D eigenvalue weighted by Crippen LogP contribution is -2.40. The van der Waals surface area contributed by atoms with Crippen LogP contribution in [0.3, 0.4) is 0 Å². The maximum absolute atomic E-state index is 13.0. The van der Waals surface area contributed by atoms with Gasteiger partial charge >= 0.3 is 0 Å². The highest BCUT2D eigenvalue weighted by Gasteiger charge is 2.34. The van der Waals surface area contributed by atoms with E-state index in [1.165, 1.54) is 6.20 Å². The van der Waals surface area contributed by atoms with Crippen LogP contribution in [0.5, 0.6) is 0 Å². The molecule has 3 aromatic rings. The molecule has 0 radical (unpaired) electrons. The number of hydrogen-bond donors (Lipinski definition) is 1. The van der Waals surface area contributed by atoms with Gasteiger partial charge in [0.2, 0.25) is 0 Å². The van der Waals surface area contributed by atoms with Gasteiger partial charge in [-0.2, -0.15) is 5.10 Å². The Balaban J connectivity index is 1.49. The molecule has 0 spiro atoms. The van der Waals surface area contributed by atoms with Crippen molar-refractivity contribution in [3.63, 3.8) is 0 Å². The minimum absolute atomic E-state index is 0.0340. The topological polar surface area (TPSA) is 88.1 Å². The molecule has 1 aromatic carbocycles. The zero-order valence-corrected chi connectivity index (χ0v) is 15.8. The molecule has 2 aromatic heterocycles. The smallest absolute Gasteiger partial charge is 0.272 e. The highest BCUT2D eigenvalue weighted by Crippen LogP contribution is 2.22. The Morgan fingerprint density at radius 3 is 2.79 bits per heavy atom. The van der Waals surface area contributed by atoms with Gasteiger partial charge in [-0.15, -0.1) is 5.10 Å². The van der Waals surface area contributed by atoms with Crippen LogP contribution in [0.2, 0.25) is 0 Å². The first-order valence-electron chi connectivity index (χ1n) is 9.26. The van der Waals surface area contributed by atoms with Gasteiger partial charge in [0.25, 0.3) is 11.8 Å². The molecule has 2 amide bonds. The van der Waals surface area contributed by atoms with Crippen molar-refractivity contribution in [2.45, 2.75) is 19.9 Å². The summed E-state index contributed by atoms with van der Waals surface area (Å²) in [5.74, 6) is -0.159. The predicted molar refractivity (Wildman–Crippen MR) is 105 cm³/mol. The largest absolute Gasteiger partial charge is 0.346 e. The van der Waals surface area contributed by atoms with E-state index >= 15 is 0 Å². The zero-order chi connectivity index (χ0) is 19.7. The minimum atomic E-state index is -0.272. The van der Waals surface area contributed by atoms with Crippen molar-refractivity contribution in [3.05, 3.63) is 65.6 Å². The average molecular weight is 375 g/mol. The molecule has 1 fully saturated rings. The predicted octanol–water partition coefficient (Wildman–Crippen LogP) is 2.22. The second-order valence-electron chi connectivity index (χ2n) is 7.24. The molecule has 0 bridgehead atoms. The maximum Gasteiger partial charge on any atom is 0.272 e. The van der Waals surface area contributed by atoms with Crippen LogP contribution in [-0.2, 0) is 0 Å². The quantitative estimate of drug-likeness (QED) is 0.758. The fourth-order valence-electron chi connectivity index (χ4n) is 3.58. The van der Waals surface area contributed by atoms with Gasteiger partial charge in [0.05, 0.1) is 11.6 Å². The first-order chi connectivity index (χ1) is 13.5. The molecule has 1 aliphatic heterocycles. The maximum atomic E-state index is 13.0. The molecule has 2 unspecified atom stereocenters. The van der Waals surface area contributed by atoms with Crippen LogP contribution >= 0.6 is 0 Å². The van der Waals surface area contributed by atoms with Gasteiger partial charge in [0.15, 0.2) is 5.69 Å². The summed E-state index contributed by atoms with van der Waals surface area (Å²) in [6, 6.07) is 10.7. The van der Waals surface area contributed by atoms with Gasteiger partial charge < -0.3 is 10.2 Å². The van der Waals surface area contributed by atoms with Crippen LogP contribution < -0.4 is 5.32 Å². The first kappa shape index (κ1) is 18.0. The SMILES string of the molecule is Cc1ccnc2ccc(C(=O)N3CC(C)C(NC(=O)c4cccnn4)C3)cc12. The van der Waals surface area contributed by atoms with E-state index in [1.807, 2.05) is 38.1 Å². The van der Waals surface area contributed by atoms with E-state index in [2.05, 4.69) is 20.5 Å². The van der Waals surface area contributed by atoms with Gasteiger partial charge in [0, 0.05) is 36.4 Å². The van der Waals surface area contributed by atoms with Crippen LogP contribution in [0.4, 0.5) is 0 Å².